The summed E-state index contributed by atoms with van der Waals surface area (Å²) in [6.45, 7) is 5.57. The van der Waals surface area contributed by atoms with Gasteiger partial charge in [-0.15, -0.1) is 6.42 Å². The van der Waals surface area contributed by atoms with Crippen LogP contribution in [0.5, 0.6) is 0 Å². The summed E-state index contributed by atoms with van der Waals surface area (Å²) in [5.41, 5.74) is 0. The summed E-state index contributed by atoms with van der Waals surface area (Å²) in [5, 5.41) is 5.68. The number of hydrogen-bond acceptors (Lipinski definition) is 3. The SMILES string of the molecule is C#CCNCC(=O)NCC(C)(C)SC. The molecular weight excluding hydrogens is 196 g/mol. The van der Waals surface area contributed by atoms with Gasteiger partial charge in [-0.05, 0) is 20.1 Å². The molecule has 0 aliphatic heterocycles. The maximum absolute atomic E-state index is 11.2. The van der Waals surface area contributed by atoms with Crippen LogP contribution in [0.15, 0.2) is 0 Å². The third-order valence-corrected chi connectivity index (χ3v) is 3.03. The van der Waals surface area contributed by atoms with E-state index in [1.165, 1.54) is 0 Å². The van der Waals surface area contributed by atoms with E-state index in [2.05, 4.69) is 30.4 Å². The van der Waals surface area contributed by atoms with Gasteiger partial charge in [0, 0.05) is 11.3 Å². The van der Waals surface area contributed by atoms with Gasteiger partial charge in [0.25, 0.3) is 0 Å². The van der Waals surface area contributed by atoms with Crippen molar-refractivity contribution >= 4 is 17.7 Å². The minimum absolute atomic E-state index is 0.0117. The van der Waals surface area contributed by atoms with Crippen LogP contribution in [-0.2, 0) is 4.79 Å². The lowest BCUT2D eigenvalue weighted by Crippen LogP contribution is -2.40. The van der Waals surface area contributed by atoms with Crippen molar-refractivity contribution in [1.82, 2.24) is 10.6 Å². The van der Waals surface area contributed by atoms with E-state index < -0.39 is 0 Å². The predicted molar refractivity (Wildman–Crippen MR) is 62.3 cm³/mol. The van der Waals surface area contributed by atoms with Gasteiger partial charge >= 0.3 is 0 Å². The molecule has 0 spiro atoms. The quantitative estimate of drug-likeness (QED) is 0.499. The number of terminal acetylenes is 1. The van der Waals surface area contributed by atoms with E-state index in [9.17, 15) is 4.79 Å². The molecule has 0 aromatic heterocycles. The first-order valence-corrected chi connectivity index (χ1v) is 5.70. The second-order valence-electron chi connectivity index (χ2n) is 3.55. The second kappa shape index (κ2) is 6.74. The zero-order valence-corrected chi connectivity index (χ0v) is 9.83. The third-order valence-electron chi connectivity index (χ3n) is 1.78. The summed E-state index contributed by atoms with van der Waals surface area (Å²) in [5.74, 6) is 2.40. The number of rotatable bonds is 6. The first-order chi connectivity index (χ1) is 6.52. The van der Waals surface area contributed by atoms with Gasteiger partial charge in [-0.2, -0.15) is 11.8 Å². The van der Waals surface area contributed by atoms with Crippen LogP contribution in [0.4, 0.5) is 0 Å². The van der Waals surface area contributed by atoms with Gasteiger partial charge in [0.2, 0.25) is 5.91 Å². The van der Waals surface area contributed by atoms with Crippen molar-refractivity contribution < 1.29 is 4.79 Å². The number of thioether (sulfide) groups is 1. The van der Waals surface area contributed by atoms with Crippen molar-refractivity contribution in [1.29, 1.82) is 0 Å². The highest BCUT2D eigenvalue weighted by atomic mass is 32.2. The zero-order valence-electron chi connectivity index (χ0n) is 9.02. The van der Waals surface area contributed by atoms with Gasteiger partial charge in [0.15, 0.2) is 0 Å². The van der Waals surface area contributed by atoms with E-state index in [0.29, 0.717) is 13.1 Å². The summed E-state index contributed by atoms with van der Waals surface area (Å²) < 4.78 is 0.0851. The maximum Gasteiger partial charge on any atom is 0.234 e. The van der Waals surface area contributed by atoms with E-state index in [0.717, 1.165) is 0 Å². The molecule has 0 fully saturated rings. The number of amides is 1. The molecule has 0 rings (SSSR count). The van der Waals surface area contributed by atoms with Crippen LogP contribution in [0.2, 0.25) is 0 Å². The summed E-state index contributed by atoms with van der Waals surface area (Å²) >= 11 is 1.73. The lowest BCUT2D eigenvalue weighted by Gasteiger charge is -2.22. The smallest absolute Gasteiger partial charge is 0.234 e. The van der Waals surface area contributed by atoms with Crippen LogP contribution < -0.4 is 10.6 Å². The molecule has 80 valence electrons. The van der Waals surface area contributed by atoms with E-state index in [4.69, 9.17) is 6.42 Å². The number of hydrogen-bond donors (Lipinski definition) is 2. The number of carbonyl (C=O) groups is 1. The highest BCUT2D eigenvalue weighted by molar-refractivity contribution is 7.99. The molecule has 0 heterocycles. The molecule has 0 aromatic carbocycles. The van der Waals surface area contributed by atoms with E-state index in [-0.39, 0.29) is 17.2 Å². The average Bonchev–Trinajstić information content (AvgIpc) is 2.16. The Morgan fingerprint density at radius 2 is 2.21 bits per heavy atom. The Hall–Kier alpha value is -0.660. The molecule has 14 heavy (non-hydrogen) atoms. The fraction of sp³-hybridized carbons (Fsp3) is 0.700. The van der Waals surface area contributed by atoms with Crippen molar-refractivity contribution in [2.75, 3.05) is 25.9 Å². The van der Waals surface area contributed by atoms with Crippen molar-refractivity contribution in [2.45, 2.75) is 18.6 Å². The van der Waals surface area contributed by atoms with Crippen LogP contribution in [0.3, 0.4) is 0 Å². The number of nitrogens with one attached hydrogen (secondary N) is 2. The Balaban J connectivity index is 3.60. The Bertz CT molecular complexity index is 221. The van der Waals surface area contributed by atoms with Crippen LogP contribution in [0.1, 0.15) is 13.8 Å². The van der Waals surface area contributed by atoms with E-state index in [1.807, 2.05) is 6.26 Å². The van der Waals surface area contributed by atoms with Crippen molar-refractivity contribution in [3.63, 3.8) is 0 Å². The van der Waals surface area contributed by atoms with Crippen molar-refractivity contribution in [2.24, 2.45) is 0 Å². The largest absolute Gasteiger partial charge is 0.354 e. The van der Waals surface area contributed by atoms with Crippen molar-refractivity contribution in [3.05, 3.63) is 0 Å². The zero-order chi connectivity index (χ0) is 11.0. The minimum Gasteiger partial charge on any atom is -0.354 e. The summed E-state index contributed by atoms with van der Waals surface area (Å²) in [7, 11) is 0. The van der Waals surface area contributed by atoms with Gasteiger partial charge in [0.05, 0.1) is 13.1 Å². The fourth-order valence-electron chi connectivity index (χ4n) is 0.694. The molecule has 0 aromatic rings. The minimum atomic E-state index is -0.0117. The van der Waals surface area contributed by atoms with Gasteiger partial charge in [0.1, 0.15) is 0 Å². The predicted octanol–water partition coefficient (Wildman–Crippen LogP) is 0.467. The van der Waals surface area contributed by atoms with Gasteiger partial charge < -0.3 is 5.32 Å². The first kappa shape index (κ1) is 13.3. The molecule has 0 radical (unpaired) electrons. The molecule has 4 heteroatoms. The molecule has 0 aliphatic carbocycles. The highest BCUT2D eigenvalue weighted by Crippen LogP contribution is 2.19. The Labute approximate surface area is 90.4 Å². The van der Waals surface area contributed by atoms with Crippen LogP contribution in [0, 0.1) is 12.3 Å². The fourth-order valence-corrected chi connectivity index (χ4v) is 0.911. The Kier molecular flexibility index (Phi) is 6.43. The molecule has 3 nitrogen and oxygen atoms in total. The van der Waals surface area contributed by atoms with Gasteiger partial charge in [-0.25, -0.2) is 0 Å². The summed E-state index contributed by atoms with van der Waals surface area (Å²) in [6.07, 6.45) is 7.06. The monoisotopic (exact) mass is 214 g/mol. The lowest BCUT2D eigenvalue weighted by molar-refractivity contribution is -0.120. The molecular formula is C10H18N2OS. The van der Waals surface area contributed by atoms with E-state index >= 15 is 0 Å². The number of carbonyl (C=O) groups excluding carboxylic acids is 1. The molecule has 0 atom stereocenters. The Morgan fingerprint density at radius 3 is 2.71 bits per heavy atom. The standard InChI is InChI=1S/C10H18N2OS/c1-5-6-11-7-9(13)12-8-10(2,3)14-4/h1,11H,6-8H2,2-4H3,(H,12,13). The molecule has 0 saturated carbocycles. The second-order valence-corrected chi connectivity index (χ2v) is 5.06. The third kappa shape index (κ3) is 6.81. The summed E-state index contributed by atoms with van der Waals surface area (Å²) in [6, 6.07) is 0. The van der Waals surface area contributed by atoms with E-state index in [1.54, 1.807) is 11.8 Å². The molecule has 0 unspecified atom stereocenters. The lowest BCUT2D eigenvalue weighted by atomic mass is 10.2. The maximum atomic E-state index is 11.2. The molecule has 0 aliphatic rings. The molecule has 0 saturated heterocycles. The normalized spacial score (nSPS) is 10.7. The van der Waals surface area contributed by atoms with Gasteiger partial charge in [-0.3, -0.25) is 10.1 Å². The molecule has 2 N–H and O–H groups in total. The molecule has 1 amide bonds. The average molecular weight is 214 g/mol. The van der Waals surface area contributed by atoms with Crippen molar-refractivity contribution in [3.8, 4) is 12.3 Å². The topological polar surface area (TPSA) is 41.1 Å². The molecule has 0 bridgehead atoms. The van der Waals surface area contributed by atoms with Crippen LogP contribution in [-0.4, -0.2) is 36.5 Å². The summed E-state index contributed by atoms with van der Waals surface area (Å²) in [4.78, 5) is 11.2. The van der Waals surface area contributed by atoms with Gasteiger partial charge in [-0.1, -0.05) is 5.92 Å². The Morgan fingerprint density at radius 1 is 1.57 bits per heavy atom. The highest BCUT2D eigenvalue weighted by Gasteiger charge is 2.16. The van der Waals surface area contributed by atoms with Crippen LogP contribution in [0.25, 0.3) is 0 Å². The first-order valence-electron chi connectivity index (χ1n) is 4.48. The van der Waals surface area contributed by atoms with Crippen LogP contribution >= 0.6 is 11.8 Å².